The Morgan fingerprint density at radius 3 is 2.00 bits per heavy atom. The number of carbonyl (C=O) groups excluding carboxylic acids is 1. The lowest BCUT2D eigenvalue weighted by Crippen LogP contribution is -2.63. The van der Waals surface area contributed by atoms with Gasteiger partial charge in [0.2, 0.25) is 10.0 Å². The van der Waals surface area contributed by atoms with Crippen LogP contribution in [-0.4, -0.2) is 74.6 Å². The predicted octanol–water partition coefficient (Wildman–Crippen LogP) is 2.08. The van der Waals surface area contributed by atoms with Crippen LogP contribution in [0.25, 0.3) is 0 Å². The zero-order valence-electron chi connectivity index (χ0n) is 22.4. The van der Waals surface area contributed by atoms with E-state index in [1.54, 1.807) is 38.1 Å². The highest BCUT2D eigenvalue weighted by Crippen LogP contribution is 2.37. The monoisotopic (exact) mass is 548 g/mol. The van der Waals surface area contributed by atoms with Crippen LogP contribution in [0.3, 0.4) is 0 Å². The van der Waals surface area contributed by atoms with Crippen LogP contribution in [0, 0.1) is 6.92 Å². The maximum atomic E-state index is 13.5. The molecule has 11 heteroatoms. The summed E-state index contributed by atoms with van der Waals surface area (Å²) in [5, 5.41) is 3.48. The van der Waals surface area contributed by atoms with E-state index in [1.165, 1.54) is 6.92 Å². The molecule has 0 amide bonds. The van der Waals surface area contributed by atoms with E-state index in [2.05, 4.69) is 10.0 Å². The molecule has 2 fully saturated rings. The summed E-state index contributed by atoms with van der Waals surface area (Å²) >= 11 is 0. The van der Waals surface area contributed by atoms with Crippen LogP contribution < -0.4 is 10.0 Å². The molecule has 4 aliphatic rings. The molecule has 38 heavy (non-hydrogen) atoms. The van der Waals surface area contributed by atoms with Gasteiger partial charge in [0, 0.05) is 13.0 Å². The first kappa shape index (κ1) is 27.4. The van der Waals surface area contributed by atoms with Crippen molar-refractivity contribution in [3.63, 3.8) is 0 Å². The number of rotatable bonds is 6. The summed E-state index contributed by atoms with van der Waals surface area (Å²) in [5.41, 5.74) is 0.957. The van der Waals surface area contributed by atoms with Gasteiger partial charge in [-0.3, -0.25) is 10.1 Å². The van der Waals surface area contributed by atoms with E-state index in [9.17, 15) is 13.2 Å². The minimum absolute atomic E-state index is 0.156. The first-order valence-corrected chi connectivity index (χ1v) is 14.3. The Kier molecular flexibility index (Phi) is 7.09. The second kappa shape index (κ2) is 9.81. The van der Waals surface area contributed by atoms with Crippen molar-refractivity contribution in [2.45, 2.75) is 107 Å². The van der Waals surface area contributed by atoms with Crippen LogP contribution in [-0.2, 0) is 38.5 Å². The summed E-state index contributed by atoms with van der Waals surface area (Å²) in [6.07, 6.45) is 4.89. The van der Waals surface area contributed by atoms with Gasteiger partial charge in [-0.05, 0) is 46.8 Å². The van der Waals surface area contributed by atoms with Crippen molar-refractivity contribution in [2.24, 2.45) is 0 Å². The fourth-order valence-electron chi connectivity index (χ4n) is 5.53. The number of fused-ring (bicyclic) bond motifs is 2. The van der Waals surface area contributed by atoms with Crippen molar-refractivity contribution < 1.29 is 36.9 Å². The van der Waals surface area contributed by atoms with Crippen LogP contribution in [0.5, 0.6) is 0 Å². The van der Waals surface area contributed by atoms with Gasteiger partial charge in [0.05, 0.1) is 17.0 Å². The second-order valence-electron chi connectivity index (χ2n) is 11.2. The molecule has 2 N–H and O–H groups in total. The topological polar surface area (TPSA) is 121 Å². The van der Waals surface area contributed by atoms with Crippen LogP contribution in [0.1, 0.15) is 40.2 Å². The molecule has 1 aromatic carbocycles. The van der Waals surface area contributed by atoms with Gasteiger partial charge in [-0.15, -0.1) is 0 Å². The third-order valence-corrected chi connectivity index (χ3v) is 8.55. The molecule has 208 valence electrons. The number of nitrogens with one attached hydrogen (secondary N) is 2. The van der Waals surface area contributed by atoms with E-state index >= 15 is 0 Å². The third-order valence-electron chi connectivity index (χ3n) is 7.07. The molecule has 1 aromatic rings. The lowest BCUT2D eigenvalue weighted by Gasteiger charge is -2.40. The number of hydrogen-bond donors (Lipinski definition) is 2. The summed E-state index contributed by atoms with van der Waals surface area (Å²) in [6.45, 7) is 10.5. The molecule has 10 nitrogen and oxygen atoms in total. The lowest BCUT2D eigenvalue weighted by molar-refractivity contribution is -0.171. The van der Waals surface area contributed by atoms with Crippen LogP contribution in [0.2, 0.25) is 0 Å². The predicted molar refractivity (Wildman–Crippen MR) is 137 cm³/mol. The number of ether oxygens (including phenoxy) is 5. The van der Waals surface area contributed by atoms with Crippen LogP contribution in [0.4, 0.5) is 0 Å². The SMILES string of the molecule is CC(=O)O[C@H]1[C@@H]2OC(C)(C)O[C@@H]2C=C[C@@H]1NC1C=C[C@H]2OC(C)(C)O[C@H]2[C@@H]1NS(=O)(=O)c1ccc(C)cc1. The van der Waals surface area contributed by atoms with Gasteiger partial charge in [-0.25, -0.2) is 13.1 Å². The Morgan fingerprint density at radius 1 is 0.842 bits per heavy atom. The lowest BCUT2D eigenvalue weighted by atomic mass is 9.89. The van der Waals surface area contributed by atoms with Gasteiger partial charge in [0.1, 0.15) is 30.5 Å². The van der Waals surface area contributed by atoms with Gasteiger partial charge in [-0.2, -0.15) is 0 Å². The first-order chi connectivity index (χ1) is 17.7. The molecule has 2 aliphatic carbocycles. The van der Waals surface area contributed by atoms with E-state index in [-0.39, 0.29) is 11.0 Å². The Bertz CT molecular complexity index is 1230. The second-order valence-corrected chi connectivity index (χ2v) is 12.9. The molecule has 2 heterocycles. The zero-order chi connectivity index (χ0) is 27.5. The largest absolute Gasteiger partial charge is 0.458 e. The Labute approximate surface area is 223 Å². The molecule has 2 saturated heterocycles. The summed E-state index contributed by atoms with van der Waals surface area (Å²) in [6, 6.07) is 4.94. The third kappa shape index (κ3) is 5.60. The summed E-state index contributed by atoms with van der Waals surface area (Å²) in [7, 11) is -3.90. The molecule has 1 unspecified atom stereocenters. The molecular weight excluding hydrogens is 512 g/mol. The van der Waals surface area contributed by atoms with Crippen molar-refractivity contribution in [2.75, 3.05) is 0 Å². The molecule has 0 bridgehead atoms. The van der Waals surface area contributed by atoms with Gasteiger partial charge < -0.3 is 23.7 Å². The van der Waals surface area contributed by atoms with E-state index in [4.69, 9.17) is 23.7 Å². The van der Waals surface area contributed by atoms with Crippen LogP contribution >= 0.6 is 0 Å². The average molecular weight is 549 g/mol. The molecule has 2 aliphatic heterocycles. The molecule has 0 radical (unpaired) electrons. The standard InChI is InChI=1S/C27H36N2O8S/c1-15-7-9-17(10-8-15)38(31,32)29-22-18(11-13-20-24(22)36-26(3,4)34-20)28-19-12-14-21-25(23(19)33-16(2)30)37-27(5,6)35-21/h7-14,18-25,28-29H,1-6H3/t18?,19-,20+,21+,22+,23+,24+,25+/m0/s1. The van der Waals surface area contributed by atoms with Crippen molar-refractivity contribution in [3.05, 3.63) is 54.1 Å². The quantitative estimate of drug-likeness (QED) is 0.407. The molecule has 0 aromatic heterocycles. The summed E-state index contributed by atoms with van der Waals surface area (Å²) in [5.74, 6) is -2.17. The van der Waals surface area contributed by atoms with Gasteiger partial charge >= 0.3 is 5.97 Å². The maximum absolute atomic E-state index is 13.5. The first-order valence-electron chi connectivity index (χ1n) is 12.8. The highest BCUT2D eigenvalue weighted by molar-refractivity contribution is 7.89. The minimum Gasteiger partial charge on any atom is -0.458 e. The molecule has 5 rings (SSSR count). The normalized spacial score (nSPS) is 37.0. The van der Waals surface area contributed by atoms with Crippen molar-refractivity contribution in [1.29, 1.82) is 0 Å². The minimum atomic E-state index is -3.90. The number of hydrogen-bond acceptors (Lipinski definition) is 9. The molecule has 0 saturated carbocycles. The van der Waals surface area contributed by atoms with Gasteiger partial charge in [0.25, 0.3) is 0 Å². The van der Waals surface area contributed by atoms with Crippen molar-refractivity contribution in [1.82, 2.24) is 10.0 Å². The van der Waals surface area contributed by atoms with Gasteiger partial charge in [-0.1, -0.05) is 42.0 Å². The van der Waals surface area contributed by atoms with Crippen LogP contribution in [0.15, 0.2) is 53.5 Å². The fourth-order valence-corrected chi connectivity index (χ4v) is 6.80. The van der Waals surface area contributed by atoms with Gasteiger partial charge in [0.15, 0.2) is 11.6 Å². The maximum Gasteiger partial charge on any atom is 0.303 e. The molecular formula is C27H36N2O8S. The fraction of sp³-hybridized carbons (Fsp3) is 0.593. The number of benzene rings is 1. The zero-order valence-corrected chi connectivity index (χ0v) is 23.2. The summed E-state index contributed by atoms with van der Waals surface area (Å²) < 4.78 is 59.7. The Morgan fingerprint density at radius 2 is 1.39 bits per heavy atom. The van der Waals surface area contributed by atoms with E-state index in [0.29, 0.717) is 0 Å². The average Bonchev–Trinajstić information content (AvgIpc) is 3.30. The Hall–Kier alpha value is -2.12. The summed E-state index contributed by atoms with van der Waals surface area (Å²) in [4.78, 5) is 12.2. The van der Waals surface area contributed by atoms with E-state index in [1.807, 2.05) is 45.1 Å². The number of esters is 1. The van der Waals surface area contributed by atoms with Crippen molar-refractivity contribution in [3.8, 4) is 0 Å². The molecule has 8 atom stereocenters. The number of sulfonamides is 1. The van der Waals surface area contributed by atoms with E-state index in [0.717, 1.165) is 5.56 Å². The molecule has 0 spiro atoms. The number of carbonyl (C=O) groups is 1. The highest BCUT2D eigenvalue weighted by Gasteiger charge is 2.53. The smallest absolute Gasteiger partial charge is 0.303 e. The Balaban J connectivity index is 1.44. The highest BCUT2D eigenvalue weighted by atomic mass is 32.2. The van der Waals surface area contributed by atoms with Crippen molar-refractivity contribution >= 4 is 16.0 Å². The number of aryl methyl sites for hydroxylation is 1. The van der Waals surface area contributed by atoms with E-state index < -0.39 is 70.1 Å².